The van der Waals surface area contributed by atoms with Crippen LogP contribution in [-0.2, 0) is 21.4 Å². The number of sulfonamides is 1. The maximum Gasteiger partial charge on any atom is 0.338 e. The first-order chi connectivity index (χ1) is 13.4. The number of thiazole rings is 1. The zero-order valence-electron chi connectivity index (χ0n) is 14.9. The third kappa shape index (κ3) is 4.77. The summed E-state index contributed by atoms with van der Waals surface area (Å²) in [6.45, 7) is 1.92. The third-order valence-electron chi connectivity index (χ3n) is 3.72. The molecule has 0 aliphatic rings. The molecular formula is C19H17ClN2O4S2. The lowest BCUT2D eigenvalue weighted by atomic mass is 10.2. The van der Waals surface area contributed by atoms with Crippen molar-refractivity contribution >= 4 is 38.9 Å². The van der Waals surface area contributed by atoms with Gasteiger partial charge in [-0.2, -0.15) is 0 Å². The van der Waals surface area contributed by atoms with Gasteiger partial charge in [0.2, 0.25) is 10.0 Å². The monoisotopic (exact) mass is 436 g/mol. The van der Waals surface area contributed by atoms with Crippen molar-refractivity contribution in [2.75, 3.05) is 6.54 Å². The van der Waals surface area contributed by atoms with Gasteiger partial charge in [-0.3, -0.25) is 0 Å². The number of carbonyl (C=O) groups is 1. The zero-order chi connectivity index (χ0) is 20.1. The van der Waals surface area contributed by atoms with Crippen LogP contribution in [0.2, 0.25) is 5.02 Å². The minimum absolute atomic E-state index is 0.0125. The lowest BCUT2D eigenvalue weighted by Crippen LogP contribution is -2.23. The maximum atomic E-state index is 12.3. The summed E-state index contributed by atoms with van der Waals surface area (Å²) in [7, 11) is -3.65. The van der Waals surface area contributed by atoms with E-state index in [9.17, 15) is 13.2 Å². The minimum atomic E-state index is -3.65. The number of ether oxygens (including phenoxy) is 1. The molecule has 0 spiro atoms. The standard InChI is InChI=1S/C19H17ClN2O4S2/c1-2-21-28(24,25)15-7-5-6-13(10-15)19(23)26-11-14-12-27-18(22-14)16-8-3-4-9-17(16)20/h3-10,12,21H,2,11H2,1H3. The van der Waals surface area contributed by atoms with Crippen molar-refractivity contribution in [3.63, 3.8) is 0 Å². The highest BCUT2D eigenvalue weighted by molar-refractivity contribution is 7.89. The van der Waals surface area contributed by atoms with E-state index in [1.54, 1.807) is 18.4 Å². The molecule has 0 unspecified atom stereocenters. The van der Waals surface area contributed by atoms with Crippen molar-refractivity contribution in [1.82, 2.24) is 9.71 Å². The van der Waals surface area contributed by atoms with Crippen molar-refractivity contribution in [2.24, 2.45) is 0 Å². The molecule has 9 heteroatoms. The van der Waals surface area contributed by atoms with Crippen molar-refractivity contribution in [3.8, 4) is 10.6 Å². The second kappa shape index (κ2) is 8.83. The van der Waals surface area contributed by atoms with Crippen molar-refractivity contribution < 1.29 is 17.9 Å². The van der Waals surface area contributed by atoms with E-state index >= 15 is 0 Å². The molecule has 6 nitrogen and oxygen atoms in total. The third-order valence-corrected chi connectivity index (χ3v) is 6.52. The van der Waals surface area contributed by atoms with Gasteiger partial charge in [-0.25, -0.2) is 22.9 Å². The van der Waals surface area contributed by atoms with E-state index in [-0.39, 0.29) is 23.6 Å². The van der Waals surface area contributed by atoms with Crippen LogP contribution in [0.3, 0.4) is 0 Å². The van der Waals surface area contributed by atoms with Crippen molar-refractivity contribution in [3.05, 3.63) is 70.2 Å². The number of benzene rings is 2. The molecule has 0 saturated carbocycles. The zero-order valence-corrected chi connectivity index (χ0v) is 17.3. The largest absolute Gasteiger partial charge is 0.456 e. The number of halogens is 1. The number of hydrogen-bond acceptors (Lipinski definition) is 6. The van der Waals surface area contributed by atoms with Crippen molar-refractivity contribution in [2.45, 2.75) is 18.4 Å². The molecule has 0 amide bonds. The number of hydrogen-bond donors (Lipinski definition) is 1. The minimum Gasteiger partial charge on any atom is -0.456 e. The number of nitrogens with zero attached hydrogens (tertiary/aromatic N) is 1. The molecule has 3 aromatic rings. The number of esters is 1. The summed E-state index contributed by atoms with van der Waals surface area (Å²) in [5.41, 5.74) is 1.55. The fraction of sp³-hybridized carbons (Fsp3) is 0.158. The van der Waals surface area contributed by atoms with E-state index in [1.807, 2.05) is 18.2 Å². The Hall–Kier alpha value is -2.26. The fourth-order valence-corrected chi connectivity index (χ4v) is 4.63. The van der Waals surface area contributed by atoms with Gasteiger partial charge in [0.1, 0.15) is 11.6 Å². The summed E-state index contributed by atoms with van der Waals surface area (Å²) >= 11 is 7.58. The smallest absolute Gasteiger partial charge is 0.338 e. The molecule has 0 saturated heterocycles. The average Bonchev–Trinajstić information content (AvgIpc) is 3.15. The first-order valence-electron chi connectivity index (χ1n) is 8.37. The van der Waals surface area contributed by atoms with Gasteiger partial charge in [-0.1, -0.05) is 42.8 Å². The molecule has 0 atom stereocenters. The van der Waals surface area contributed by atoms with Gasteiger partial charge in [0, 0.05) is 17.5 Å². The normalized spacial score (nSPS) is 11.4. The molecule has 146 valence electrons. The Labute approximate surface area is 172 Å². The Bertz CT molecular complexity index is 1100. The molecule has 1 N–H and O–H groups in total. The van der Waals surface area contributed by atoms with Crippen LogP contribution in [0.1, 0.15) is 23.0 Å². The molecule has 28 heavy (non-hydrogen) atoms. The fourth-order valence-electron chi connectivity index (χ4n) is 2.42. The van der Waals surface area contributed by atoms with Crippen LogP contribution in [0.15, 0.2) is 58.8 Å². The Morgan fingerprint density at radius 3 is 2.75 bits per heavy atom. The first-order valence-corrected chi connectivity index (χ1v) is 11.1. The summed E-state index contributed by atoms with van der Waals surface area (Å²) in [5.74, 6) is -0.624. The van der Waals surface area contributed by atoms with Crippen LogP contribution in [0.5, 0.6) is 0 Å². The molecular weight excluding hydrogens is 420 g/mol. The van der Waals surface area contributed by atoms with Crippen LogP contribution in [-0.4, -0.2) is 25.9 Å². The molecule has 2 aromatic carbocycles. The van der Waals surface area contributed by atoms with Gasteiger partial charge in [0.25, 0.3) is 0 Å². The lowest BCUT2D eigenvalue weighted by Gasteiger charge is -2.07. The average molecular weight is 437 g/mol. The highest BCUT2D eigenvalue weighted by Gasteiger charge is 2.16. The second-order valence-electron chi connectivity index (χ2n) is 5.73. The Kier molecular flexibility index (Phi) is 6.46. The Balaban J connectivity index is 1.69. The summed E-state index contributed by atoms with van der Waals surface area (Å²) in [6, 6.07) is 13.1. The number of nitrogens with one attached hydrogen (secondary N) is 1. The summed E-state index contributed by atoms with van der Waals surface area (Å²) < 4.78 is 31.8. The highest BCUT2D eigenvalue weighted by atomic mass is 35.5. The lowest BCUT2D eigenvalue weighted by molar-refractivity contribution is 0.0468. The van der Waals surface area contributed by atoms with Crippen LogP contribution in [0.4, 0.5) is 0 Å². The number of aromatic nitrogens is 1. The van der Waals surface area contributed by atoms with Gasteiger partial charge >= 0.3 is 5.97 Å². The highest BCUT2D eigenvalue weighted by Crippen LogP contribution is 2.30. The molecule has 0 aliphatic heterocycles. The van der Waals surface area contributed by atoms with Crippen LogP contribution in [0.25, 0.3) is 10.6 Å². The topological polar surface area (TPSA) is 85.4 Å². The van der Waals surface area contributed by atoms with Crippen LogP contribution < -0.4 is 4.72 Å². The molecule has 1 heterocycles. The van der Waals surface area contributed by atoms with E-state index in [1.165, 1.54) is 35.6 Å². The van der Waals surface area contributed by atoms with E-state index in [2.05, 4.69) is 9.71 Å². The molecule has 1 aromatic heterocycles. The van der Waals surface area contributed by atoms with Gasteiger partial charge in [0.05, 0.1) is 21.2 Å². The predicted octanol–water partition coefficient (Wildman–Crippen LogP) is 4.12. The SMILES string of the molecule is CCNS(=O)(=O)c1cccc(C(=O)OCc2csc(-c3ccccc3Cl)n2)c1. The number of rotatable bonds is 7. The Morgan fingerprint density at radius 1 is 1.21 bits per heavy atom. The van der Waals surface area contributed by atoms with Gasteiger partial charge in [0.15, 0.2) is 0 Å². The van der Waals surface area contributed by atoms with Crippen LogP contribution in [0, 0.1) is 0 Å². The van der Waals surface area contributed by atoms with Crippen LogP contribution >= 0.6 is 22.9 Å². The molecule has 0 fully saturated rings. The Morgan fingerprint density at radius 2 is 2.00 bits per heavy atom. The quantitative estimate of drug-likeness (QED) is 0.563. The molecule has 0 radical (unpaired) electrons. The van der Waals surface area contributed by atoms with E-state index in [0.717, 1.165) is 10.6 Å². The summed E-state index contributed by atoms with van der Waals surface area (Å²) in [6.07, 6.45) is 0. The van der Waals surface area contributed by atoms with E-state index in [0.29, 0.717) is 10.7 Å². The summed E-state index contributed by atoms with van der Waals surface area (Å²) in [4.78, 5) is 16.8. The van der Waals surface area contributed by atoms with E-state index in [4.69, 9.17) is 16.3 Å². The molecule has 3 rings (SSSR count). The van der Waals surface area contributed by atoms with Gasteiger partial charge in [-0.15, -0.1) is 11.3 Å². The molecule has 0 bridgehead atoms. The summed E-state index contributed by atoms with van der Waals surface area (Å²) in [5, 5.41) is 3.12. The molecule has 0 aliphatic carbocycles. The second-order valence-corrected chi connectivity index (χ2v) is 8.76. The van der Waals surface area contributed by atoms with E-state index < -0.39 is 16.0 Å². The number of carbonyl (C=O) groups excluding carboxylic acids is 1. The van der Waals surface area contributed by atoms with Crippen molar-refractivity contribution in [1.29, 1.82) is 0 Å². The van der Waals surface area contributed by atoms with Gasteiger partial charge < -0.3 is 4.74 Å². The maximum absolute atomic E-state index is 12.3. The first kappa shape index (κ1) is 20.5. The van der Waals surface area contributed by atoms with Gasteiger partial charge in [-0.05, 0) is 24.3 Å². The predicted molar refractivity (Wildman–Crippen MR) is 109 cm³/mol.